The van der Waals surface area contributed by atoms with Crippen LogP contribution in [0.2, 0.25) is 0 Å². The van der Waals surface area contributed by atoms with Gasteiger partial charge < -0.3 is 10.4 Å². The molecule has 0 saturated heterocycles. The van der Waals surface area contributed by atoms with Gasteiger partial charge in [-0.1, -0.05) is 25.7 Å². The van der Waals surface area contributed by atoms with Crippen LogP contribution in [0.4, 0.5) is 0 Å². The molecule has 0 aromatic heterocycles. The molecule has 1 aliphatic carbocycles. The van der Waals surface area contributed by atoms with Crippen LogP contribution in [0, 0.1) is 5.41 Å². The average Bonchev–Trinajstić information content (AvgIpc) is 2.41. The second-order valence-corrected chi connectivity index (χ2v) is 6.47. The number of carboxylic acids is 1. The van der Waals surface area contributed by atoms with Gasteiger partial charge in [0.25, 0.3) is 0 Å². The Morgan fingerprint density at radius 3 is 2.00 bits per heavy atom. The topological polar surface area (TPSA) is 66.4 Å². The molecule has 4 nitrogen and oxygen atoms in total. The lowest BCUT2D eigenvalue weighted by Crippen LogP contribution is -2.44. The third-order valence-corrected chi connectivity index (χ3v) is 3.53. The first-order chi connectivity index (χ1) is 8.25. The molecule has 104 valence electrons. The zero-order valence-corrected chi connectivity index (χ0v) is 11.7. The van der Waals surface area contributed by atoms with Crippen molar-refractivity contribution in [3.8, 4) is 0 Å². The maximum atomic E-state index is 12.0. The highest BCUT2D eigenvalue weighted by atomic mass is 16.4. The molecule has 0 bridgehead atoms. The molecule has 1 fully saturated rings. The highest BCUT2D eigenvalue weighted by molar-refractivity contribution is 5.85. The van der Waals surface area contributed by atoms with Crippen molar-refractivity contribution in [2.75, 3.05) is 0 Å². The lowest BCUT2D eigenvalue weighted by Gasteiger charge is -2.29. The fourth-order valence-electron chi connectivity index (χ4n) is 2.64. The standard InChI is InChI=1S/C14H25NO3/c1-13(2,3)15-11(16)10-14(12(17)18)8-6-4-5-7-9-14/h4-10H2,1-3H3,(H,15,16)(H,17,18). The quantitative estimate of drug-likeness (QED) is 0.762. The fraction of sp³-hybridized carbons (Fsp3) is 0.857. The first-order valence-corrected chi connectivity index (χ1v) is 6.80. The molecule has 4 heteroatoms. The molecule has 1 amide bonds. The van der Waals surface area contributed by atoms with Crippen LogP contribution in [0.5, 0.6) is 0 Å². The van der Waals surface area contributed by atoms with E-state index in [0.717, 1.165) is 25.7 Å². The molecule has 0 aromatic carbocycles. The van der Waals surface area contributed by atoms with E-state index in [0.29, 0.717) is 12.8 Å². The molecular formula is C14H25NO3. The Balaban J connectivity index is 2.73. The molecule has 0 spiro atoms. The lowest BCUT2D eigenvalue weighted by molar-refractivity contribution is -0.153. The highest BCUT2D eigenvalue weighted by Crippen LogP contribution is 2.38. The van der Waals surface area contributed by atoms with Gasteiger partial charge in [-0.2, -0.15) is 0 Å². The van der Waals surface area contributed by atoms with Gasteiger partial charge in [0, 0.05) is 12.0 Å². The minimum absolute atomic E-state index is 0.111. The van der Waals surface area contributed by atoms with Gasteiger partial charge in [0.2, 0.25) is 5.91 Å². The maximum absolute atomic E-state index is 12.0. The van der Waals surface area contributed by atoms with Crippen LogP contribution < -0.4 is 5.32 Å². The largest absolute Gasteiger partial charge is 0.481 e. The lowest BCUT2D eigenvalue weighted by atomic mass is 9.77. The van der Waals surface area contributed by atoms with Gasteiger partial charge in [-0.15, -0.1) is 0 Å². The van der Waals surface area contributed by atoms with E-state index >= 15 is 0 Å². The first-order valence-electron chi connectivity index (χ1n) is 6.80. The van der Waals surface area contributed by atoms with E-state index in [1.54, 1.807) is 0 Å². The van der Waals surface area contributed by atoms with E-state index in [4.69, 9.17) is 0 Å². The van der Waals surface area contributed by atoms with Gasteiger partial charge in [-0.05, 0) is 33.6 Å². The Morgan fingerprint density at radius 2 is 1.61 bits per heavy atom. The second kappa shape index (κ2) is 5.72. The summed E-state index contributed by atoms with van der Waals surface area (Å²) in [4.78, 5) is 23.5. The van der Waals surface area contributed by atoms with Crippen LogP contribution in [0.1, 0.15) is 65.7 Å². The van der Waals surface area contributed by atoms with E-state index in [1.807, 2.05) is 20.8 Å². The predicted molar refractivity (Wildman–Crippen MR) is 70.3 cm³/mol. The summed E-state index contributed by atoms with van der Waals surface area (Å²) in [6.45, 7) is 5.72. The average molecular weight is 255 g/mol. The first kappa shape index (κ1) is 15.0. The number of carboxylic acid groups (broad SMARTS) is 1. The van der Waals surface area contributed by atoms with Crippen LogP contribution in [0.25, 0.3) is 0 Å². The summed E-state index contributed by atoms with van der Waals surface area (Å²) in [5.74, 6) is -0.958. The van der Waals surface area contributed by atoms with Crippen molar-refractivity contribution in [3.05, 3.63) is 0 Å². The molecular weight excluding hydrogens is 230 g/mol. The van der Waals surface area contributed by atoms with Gasteiger partial charge in [-0.3, -0.25) is 9.59 Å². The van der Waals surface area contributed by atoms with Crippen LogP contribution in [0.3, 0.4) is 0 Å². The van der Waals surface area contributed by atoms with Crippen LogP contribution in [0.15, 0.2) is 0 Å². The van der Waals surface area contributed by atoms with Crippen molar-refractivity contribution in [1.29, 1.82) is 0 Å². The number of carbonyl (C=O) groups excluding carboxylic acids is 1. The number of carbonyl (C=O) groups is 2. The van der Waals surface area contributed by atoms with Gasteiger partial charge in [-0.25, -0.2) is 0 Å². The van der Waals surface area contributed by atoms with E-state index in [9.17, 15) is 14.7 Å². The zero-order valence-electron chi connectivity index (χ0n) is 11.7. The summed E-state index contributed by atoms with van der Waals surface area (Å²) < 4.78 is 0. The molecule has 1 aliphatic rings. The Bertz CT molecular complexity index is 309. The minimum atomic E-state index is -0.841. The number of hydrogen-bond donors (Lipinski definition) is 2. The third kappa shape index (κ3) is 4.31. The van der Waals surface area contributed by atoms with Gasteiger partial charge in [0.1, 0.15) is 0 Å². The summed E-state index contributed by atoms with van der Waals surface area (Å²) in [6, 6.07) is 0. The number of nitrogens with one attached hydrogen (secondary N) is 1. The Kier molecular flexibility index (Phi) is 4.77. The summed E-state index contributed by atoms with van der Waals surface area (Å²) in [5.41, 5.74) is -1.15. The van der Waals surface area contributed by atoms with Crippen molar-refractivity contribution in [2.45, 2.75) is 71.3 Å². The summed E-state index contributed by atoms with van der Waals surface area (Å²) >= 11 is 0. The van der Waals surface area contributed by atoms with Crippen LogP contribution >= 0.6 is 0 Å². The monoisotopic (exact) mass is 255 g/mol. The van der Waals surface area contributed by atoms with E-state index in [2.05, 4.69) is 5.32 Å². The molecule has 2 N–H and O–H groups in total. The Hall–Kier alpha value is -1.06. The summed E-state index contributed by atoms with van der Waals surface area (Å²) in [5, 5.41) is 12.3. The maximum Gasteiger partial charge on any atom is 0.310 e. The van der Waals surface area contributed by atoms with Gasteiger partial charge >= 0.3 is 5.97 Å². The molecule has 1 rings (SSSR count). The number of amides is 1. The number of hydrogen-bond acceptors (Lipinski definition) is 2. The van der Waals surface area contributed by atoms with Gasteiger partial charge in [0.05, 0.1) is 5.41 Å². The van der Waals surface area contributed by atoms with Gasteiger partial charge in [0.15, 0.2) is 0 Å². The molecule has 0 unspecified atom stereocenters. The van der Waals surface area contributed by atoms with Crippen molar-refractivity contribution in [3.63, 3.8) is 0 Å². The molecule has 0 aromatic rings. The van der Waals surface area contributed by atoms with Crippen molar-refractivity contribution >= 4 is 11.9 Å². The van der Waals surface area contributed by atoms with E-state index in [1.165, 1.54) is 0 Å². The molecule has 0 aliphatic heterocycles. The highest BCUT2D eigenvalue weighted by Gasteiger charge is 2.40. The molecule has 0 heterocycles. The number of aliphatic carboxylic acids is 1. The predicted octanol–water partition coefficient (Wildman–Crippen LogP) is 2.72. The van der Waals surface area contributed by atoms with E-state index in [-0.39, 0.29) is 17.9 Å². The van der Waals surface area contributed by atoms with Crippen molar-refractivity contribution < 1.29 is 14.7 Å². The number of rotatable bonds is 3. The Labute approximate surface area is 109 Å². The summed E-state index contributed by atoms with van der Waals surface area (Å²) in [6.07, 6.45) is 5.34. The molecule has 0 atom stereocenters. The SMILES string of the molecule is CC(C)(C)NC(=O)CC1(C(=O)O)CCCCCC1. The molecule has 1 saturated carbocycles. The Morgan fingerprint density at radius 1 is 1.11 bits per heavy atom. The van der Waals surface area contributed by atoms with Crippen molar-refractivity contribution in [2.24, 2.45) is 5.41 Å². The fourth-order valence-corrected chi connectivity index (χ4v) is 2.64. The zero-order chi connectivity index (χ0) is 13.8. The van der Waals surface area contributed by atoms with E-state index < -0.39 is 11.4 Å². The third-order valence-electron chi connectivity index (χ3n) is 3.53. The normalized spacial score (nSPS) is 19.9. The van der Waals surface area contributed by atoms with Crippen LogP contribution in [-0.2, 0) is 9.59 Å². The molecule has 18 heavy (non-hydrogen) atoms. The minimum Gasteiger partial charge on any atom is -0.481 e. The molecule has 0 radical (unpaired) electrons. The van der Waals surface area contributed by atoms with Crippen LogP contribution in [-0.4, -0.2) is 22.5 Å². The van der Waals surface area contributed by atoms with Crippen molar-refractivity contribution in [1.82, 2.24) is 5.32 Å². The second-order valence-electron chi connectivity index (χ2n) is 6.47. The summed E-state index contributed by atoms with van der Waals surface area (Å²) in [7, 11) is 0. The smallest absolute Gasteiger partial charge is 0.310 e.